The summed E-state index contributed by atoms with van der Waals surface area (Å²) in [5.41, 5.74) is 0. The number of rotatable bonds is 68. The number of ether oxygens (including phenoxy) is 4. The predicted molar refractivity (Wildman–Crippen MR) is 388 cm³/mol. The van der Waals surface area contributed by atoms with Gasteiger partial charge < -0.3 is 65.1 Å². The fraction of sp³-hybridized carbons (Fsp3) is 0.912. The van der Waals surface area contributed by atoms with E-state index in [1.165, 1.54) is 283 Å². The van der Waals surface area contributed by atoms with Crippen molar-refractivity contribution < 1.29 is 64.6 Å². The quantitative estimate of drug-likeness (QED) is 0.0204. The minimum absolute atomic E-state index is 0.199. The van der Waals surface area contributed by atoms with Gasteiger partial charge in [0.05, 0.1) is 32.0 Å². The molecule has 2 fully saturated rings. The Morgan fingerprint density at radius 1 is 0.383 bits per heavy atom. The average Bonchev–Trinajstić information content (AvgIpc) is 0.794. The van der Waals surface area contributed by atoms with E-state index in [1.807, 2.05) is 0 Å². The largest absolute Gasteiger partial charge is 0.394 e. The van der Waals surface area contributed by atoms with Gasteiger partial charge in [-0.25, -0.2) is 0 Å². The van der Waals surface area contributed by atoms with E-state index >= 15 is 0 Å². The van der Waals surface area contributed by atoms with Crippen molar-refractivity contribution in [2.75, 3.05) is 19.8 Å². The molecule has 0 spiro atoms. The van der Waals surface area contributed by atoms with Crippen molar-refractivity contribution in [1.29, 1.82) is 0 Å². The summed E-state index contributed by atoms with van der Waals surface area (Å²) in [5.74, 6) is -0.199. The summed E-state index contributed by atoms with van der Waals surface area (Å²) in [5, 5.41) is 87.9. The lowest BCUT2D eigenvalue weighted by Crippen LogP contribution is -2.65. The third kappa shape index (κ3) is 47.3. The molecule has 0 bridgehead atoms. The Morgan fingerprint density at radius 3 is 1.07 bits per heavy atom. The fourth-order valence-electron chi connectivity index (χ4n) is 13.5. The lowest BCUT2D eigenvalue weighted by molar-refractivity contribution is -0.359. The van der Waals surface area contributed by atoms with E-state index in [0.29, 0.717) is 12.8 Å². The van der Waals surface area contributed by atoms with E-state index in [2.05, 4.69) is 55.6 Å². The summed E-state index contributed by atoms with van der Waals surface area (Å²) in [6.45, 7) is 2.92. The Labute approximate surface area is 576 Å². The maximum atomic E-state index is 13.4. The number of allylic oxidation sites excluding steroid dienone is 6. The normalized spacial score (nSPS) is 22.6. The van der Waals surface area contributed by atoms with Gasteiger partial charge in [0, 0.05) is 6.42 Å². The molecule has 1 amide bonds. The molecule has 2 aliphatic rings. The van der Waals surface area contributed by atoms with Gasteiger partial charge in [-0.2, -0.15) is 0 Å². The van der Waals surface area contributed by atoms with Gasteiger partial charge in [0.15, 0.2) is 12.6 Å². The predicted octanol–water partition coefficient (Wildman–Crippen LogP) is 18.0. The van der Waals surface area contributed by atoms with Crippen LogP contribution in [0.2, 0.25) is 0 Å². The average molecular weight is 1340 g/mol. The van der Waals surface area contributed by atoms with Crippen LogP contribution < -0.4 is 5.32 Å². The van der Waals surface area contributed by atoms with E-state index in [-0.39, 0.29) is 12.5 Å². The second-order valence-electron chi connectivity index (χ2n) is 28.6. The van der Waals surface area contributed by atoms with Crippen LogP contribution in [0.3, 0.4) is 0 Å². The maximum Gasteiger partial charge on any atom is 0.220 e. The molecule has 2 heterocycles. The maximum absolute atomic E-state index is 13.4. The summed E-state index contributed by atoms with van der Waals surface area (Å²) in [7, 11) is 0. The van der Waals surface area contributed by atoms with Crippen LogP contribution in [0, 0.1) is 0 Å². The number of carbonyl (C=O) groups is 1. The zero-order valence-electron chi connectivity index (χ0n) is 60.7. The first-order valence-electron chi connectivity index (χ1n) is 40.2. The van der Waals surface area contributed by atoms with Crippen LogP contribution in [-0.4, -0.2) is 140 Å². The fourth-order valence-corrected chi connectivity index (χ4v) is 13.5. The number of carbonyl (C=O) groups excluding carboxylic acids is 1. The smallest absolute Gasteiger partial charge is 0.220 e. The number of hydrogen-bond donors (Lipinski definition) is 9. The molecule has 94 heavy (non-hydrogen) atoms. The number of aliphatic hydroxyl groups is 8. The molecule has 0 aliphatic carbocycles. The Bertz CT molecular complexity index is 1720. The highest BCUT2D eigenvalue weighted by Gasteiger charge is 2.51. The molecule has 554 valence electrons. The zero-order chi connectivity index (χ0) is 68.0. The minimum atomic E-state index is -1.78. The topological polar surface area (TPSA) is 228 Å². The Hall–Kier alpha value is -1.79. The van der Waals surface area contributed by atoms with Crippen molar-refractivity contribution >= 4 is 5.91 Å². The van der Waals surface area contributed by atoms with E-state index in [9.17, 15) is 45.6 Å². The summed E-state index contributed by atoms with van der Waals surface area (Å²) in [6.07, 6.45) is 67.5. The molecule has 0 aromatic rings. The Kier molecular flexibility index (Phi) is 60.7. The number of nitrogens with one attached hydrogen (secondary N) is 1. The van der Waals surface area contributed by atoms with Crippen LogP contribution in [0.1, 0.15) is 373 Å². The molecular formula is C80H151NO13. The highest BCUT2D eigenvalue weighted by molar-refractivity contribution is 5.76. The summed E-state index contributed by atoms with van der Waals surface area (Å²) < 4.78 is 23.0. The monoisotopic (exact) mass is 1330 g/mol. The lowest BCUT2D eigenvalue weighted by atomic mass is 9.97. The van der Waals surface area contributed by atoms with Crippen LogP contribution in [0.25, 0.3) is 0 Å². The van der Waals surface area contributed by atoms with Crippen molar-refractivity contribution in [1.82, 2.24) is 5.32 Å². The first kappa shape index (κ1) is 88.3. The van der Waals surface area contributed by atoms with Crippen LogP contribution in [0.5, 0.6) is 0 Å². The van der Waals surface area contributed by atoms with Crippen molar-refractivity contribution in [2.45, 2.75) is 447 Å². The highest BCUT2D eigenvalue weighted by Crippen LogP contribution is 2.30. The number of hydrogen-bond acceptors (Lipinski definition) is 13. The van der Waals surface area contributed by atoms with Crippen molar-refractivity contribution in [3.05, 3.63) is 36.5 Å². The van der Waals surface area contributed by atoms with Crippen molar-refractivity contribution in [3.8, 4) is 0 Å². The van der Waals surface area contributed by atoms with E-state index in [4.69, 9.17) is 18.9 Å². The standard InChI is InChI=1S/C80H151NO13/c1-3-5-7-9-11-13-15-17-19-21-23-25-27-29-31-32-33-34-35-36-38-40-42-44-46-48-50-52-54-56-58-60-62-64-72(85)81-68(67-91-79-77(90)75(88)78(71(66-83)93-79)94-80-76(89)74(87)73(86)70(65-82)92-80)69(84)63-61-59-57-55-53-51-49-47-45-43-41-39-37-30-28-26-24-22-20-18-16-14-12-10-8-6-4-2/h15,17,21,23,27,29,68-71,73-80,82-84,86-90H,3-14,16,18-20,22,24-26,28,30-67H2,1-2H3,(H,81,85)/b17-15-,23-21-,29-27-. The molecule has 12 atom stereocenters. The molecule has 12 unspecified atom stereocenters. The first-order chi connectivity index (χ1) is 46.1. The van der Waals surface area contributed by atoms with Gasteiger partial charge in [-0.1, -0.05) is 352 Å². The van der Waals surface area contributed by atoms with E-state index < -0.39 is 86.8 Å². The van der Waals surface area contributed by atoms with Crippen molar-refractivity contribution in [3.63, 3.8) is 0 Å². The molecule has 2 aliphatic heterocycles. The molecule has 0 aromatic heterocycles. The third-order valence-corrected chi connectivity index (χ3v) is 19.9. The van der Waals surface area contributed by atoms with Gasteiger partial charge in [0.25, 0.3) is 0 Å². The van der Waals surface area contributed by atoms with Gasteiger partial charge in [0.1, 0.15) is 48.8 Å². The van der Waals surface area contributed by atoms with Crippen LogP contribution in [0.15, 0.2) is 36.5 Å². The summed E-state index contributed by atoms with van der Waals surface area (Å²) >= 11 is 0. The van der Waals surface area contributed by atoms with Gasteiger partial charge in [0.2, 0.25) is 5.91 Å². The Morgan fingerprint density at radius 2 is 0.702 bits per heavy atom. The molecule has 2 rings (SSSR count). The SMILES string of the molecule is CCCCCCC/C=C\C/C=C\C/C=C\CCCCCCCCCCCCCCCCCCCCC(=O)NC(COC1OC(CO)C(OC2OC(CO)C(O)C(O)C2O)C(O)C1O)C(O)CCCCCCCCCCCCCCCCCCCCCCCCCCCCC. The molecular weight excluding hydrogens is 1180 g/mol. The summed E-state index contributed by atoms with van der Waals surface area (Å²) in [4.78, 5) is 13.4. The van der Waals surface area contributed by atoms with Gasteiger partial charge >= 0.3 is 0 Å². The zero-order valence-corrected chi connectivity index (χ0v) is 60.7. The van der Waals surface area contributed by atoms with Crippen LogP contribution in [0.4, 0.5) is 0 Å². The molecule has 9 N–H and O–H groups in total. The third-order valence-electron chi connectivity index (χ3n) is 19.9. The minimum Gasteiger partial charge on any atom is -0.394 e. The highest BCUT2D eigenvalue weighted by atomic mass is 16.7. The molecule has 0 radical (unpaired) electrons. The Balaban J connectivity index is 1.60. The second kappa shape index (κ2) is 64.6. The first-order valence-corrected chi connectivity index (χ1v) is 40.2. The molecule has 0 saturated carbocycles. The van der Waals surface area contributed by atoms with Gasteiger partial charge in [-0.3, -0.25) is 4.79 Å². The lowest BCUT2D eigenvalue weighted by Gasteiger charge is -2.46. The molecule has 14 nitrogen and oxygen atoms in total. The molecule has 14 heteroatoms. The summed E-state index contributed by atoms with van der Waals surface area (Å²) in [6, 6.07) is -0.830. The second-order valence-corrected chi connectivity index (χ2v) is 28.6. The van der Waals surface area contributed by atoms with Gasteiger partial charge in [-0.05, 0) is 51.4 Å². The number of aliphatic hydroxyl groups excluding tert-OH is 8. The number of unbranched alkanes of at least 4 members (excludes halogenated alkanes) is 49. The van der Waals surface area contributed by atoms with Gasteiger partial charge in [-0.15, -0.1) is 0 Å². The number of amides is 1. The van der Waals surface area contributed by atoms with Crippen LogP contribution >= 0.6 is 0 Å². The van der Waals surface area contributed by atoms with E-state index in [1.54, 1.807) is 0 Å². The van der Waals surface area contributed by atoms with Crippen LogP contribution in [-0.2, 0) is 23.7 Å². The van der Waals surface area contributed by atoms with Crippen molar-refractivity contribution in [2.24, 2.45) is 0 Å². The molecule has 0 aromatic carbocycles. The van der Waals surface area contributed by atoms with E-state index in [0.717, 1.165) is 64.2 Å². The molecule has 2 saturated heterocycles.